The van der Waals surface area contributed by atoms with Gasteiger partial charge in [0.1, 0.15) is 0 Å². The molecule has 0 rings (SSSR count). The maximum absolute atomic E-state index is 10.8. The molecule has 0 aliphatic rings. The molecule has 6 heteroatoms. The first-order chi connectivity index (χ1) is 6.56. The zero-order valence-electron chi connectivity index (χ0n) is 9.44. The van der Waals surface area contributed by atoms with Crippen molar-refractivity contribution in [1.29, 1.82) is 0 Å². The molecule has 0 N–H and O–H groups in total. The summed E-state index contributed by atoms with van der Waals surface area (Å²) in [7, 11) is 0. The Morgan fingerprint density at radius 1 is 1.00 bits per heavy atom. The van der Waals surface area contributed by atoms with Crippen LogP contribution in [-0.4, -0.2) is 6.61 Å². The van der Waals surface area contributed by atoms with E-state index in [1.807, 2.05) is 0 Å². The average molecular weight is 320 g/mol. The number of rotatable bonds is 9. The summed E-state index contributed by atoms with van der Waals surface area (Å²) in [6, 6.07) is 0. The van der Waals surface area contributed by atoms with E-state index in [-0.39, 0.29) is 19.5 Å². The summed E-state index contributed by atoms with van der Waals surface area (Å²) in [5, 5.41) is 0. The second kappa shape index (κ2) is 12.0. The molecule has 2 nitrogen and oxygen atoms in total. The topological polar surface area (TPSA) is 26.3 Å². The van der Waals surface area contributed by atoms with Crippen molar-refractivity contribution in [3.05, 3.63) is 0 Å². The van der Waals surface area contributed by atoms with Gasteiger partial charge in [0.15, 0.2) is 0 Å². The number of hydrogen-bond acceptors (Lipinski definition) is 4. The van der Waals surface area contributed by atoms with Crippen LogP contribution in [0.2, 0.25) is 0 Å². The molecule has 0 bridgehead atoms. The molecule has 0 atom stereocenters. The zero-order chi connectivity index (χ0) is 10.9. The van der Waals surface area contributed by atoms with Gasteiger partial charge in [0, 0.05) is 6.61 Å². The van der Waals surface area contributed by atoms with Gasteiger partial charge in [-0.1, -0.05) is 45.4 Å². The average Bonchev–Trinajstić information content (AvgIpc) is 2.08. The second-order valence-corrected chi connectivity index (χ2v) is 8.13. The van der Waals surface area contributed by atoms with Crippen molar-refractivity contribution in [3.8, 4) is 0 Å². The molecule has 0 aromatic carbocycles. The van der Waals surface area contributed by atoms with E-state index in [0.717, 1.165) is 12.8 Å². The molecule has 0 spiro atoms. The van der Waals surface area contributed by atoms with Crippen LogP contribution >= 0.6 is 5.77 Å². The minimum Gasteiger partial charge on any atom is -0.714 e. The number of hydrogen-bond donors (Lipinski definition) is 0. The maximum Gasteiger partial charge on any atom is 2.00 e. The van der Waals surface area contributed by atoms with E-state index in [4.69, 9.17) is 4.52 Å². The van der Waals surface area contributed by atoms with Gasteiger partial charge in [0.25, 0.3) is 0 Å². The first-order valence-electron chi connectivity index (χ1n) is 5.23. The van der Waals surface area contributed by atoms with Crippen LogP contribution in [0.25, 0.3) is 0 Å². The third kappa shape index (κ3) is 18.1. The molecule has 0 fully saturated rings. The molecule has 0 aliphatic carbocycles. The van der Waals surface area contributed by atoms with Gasteiger partial charge in [-0.25, -0.2) is 0 Å². The predicted octanol–water partition coefficient (Wildman–Crippen LogP) is 3.95. The fraction of sp³-hybridized carbons (Fsp3) is 1.00. The van der Waals surface area contributed by atoms with E-state index < -0.39 is 5.77 Å². The van der Waals surface area contributed by atoms with Gasteiger partial charge in [-0.15, -0.1) is 0 Å². The molecule has 86 valence electrons. The molecule has 0 radical (unpaired) electrons. The second-order valence-electron chi connectivity index (χ2n) is 3.40. The predicted molar refractivity (Wildman–Crippen MR) is 66.3 cm³/mol. The Labute approximate surface area is 117 Å². The van der Waals surface area contributed by atoms with Crippen LogP contribution < -0.4 is 0 Å². The van der Waals surface area contributed by atoms with Gasteiger partial charge in [-0.3, -0.25) is 0 Å². The van der Waals surface area contributed by atoms with E-state index in [1.54, 1.807) is 0 Å². The van der Waals surface area contributed by atoms with E-state index in [1.165, 1.54) is 32.1 Å². The molecule has 0 amide bonds. The third-order valence-corrected chi connectivity index (χ3v) is 3.13. The minimum atomic E-state index is -3.07. The summed E-state index contributed by atoms with van der Waals surface area (Å²) in [5.41, 5.74) is 0. The largest absolute Gasteiger partial charge is 2.00 e. The first-order valence-corrected chi connectivity index (χ1v) is 8.88. The summed E-state index contributed by atoms with van der Waals surface area (Å²) in [5.74, 6) is -3.07. The monoisotopic (exact) mass is 318 g/mol. The van der Waals surface area contributed by atoms with E-state index in [9.17, 15) is 4.57 Å². The quantitative estimate of drug-likeness (QED) is 0.278. The van der Waals surface area contributed by atoms with Crippen molar-refractivity contribution >= 4 is 30.3 Å². The summed E-state index contributed by atoms with van der Waals surface area (Å²) in [6.07, 6.45) is 8.47. The Hall–Kier alpha value is 1.51. The molecular weight excluding hydrogens is 301 g/mol. The SMILES string of the molecule is CCCCCCCCCOP(=O)([S-])[S-].[Zn+2]. The Balaban J connectivity index is 0. The summed E-state index contributed by atoms with van der Waals surface area (Å²) in [4.78, 5) is 0. The molecule has 0 aliphatic heterocycles. The number of unbranched alkanes of at least 4 members (excludes halogenated alkanes) is 6. The van der Waals surface area contributed by atoms with Crippen LogP contribution in [0.4, 0.5) is 0 Å². The molecule has 15 heavy (non-hydrogen) atoms. The zero-order valence-corrected chi connectivity index (χ0v) is 14.9. The molecule has 0 saturated heterocycles. The molecule has 0 aromatic heterocycles. The molecule has 0 aromatic rings. The van der Waals surface area contributed by atoms with Gasteiger partial charge in [-0.2, -0.15) is 0 Å². The van der Waals surface area contributed by atoms with Gasteiger partial charge in [0.05, 0.1) is 0 Å². The van der Waals surface area contributed by atoms with Gasteiger partial charge in [0.2, 0.25) is 0 Å². The van der Waals surface area contributed by atoms with Crippen molar-refractivity contribution in [2.24, 2.45) is 0 Å². The normalized spacial score (nSPS) is 11.1. The third-order valence-electron chi connectivity index (χ3n) is 2.00. The molecule has 0 heterocycles. The van der Waals surface area contributed by atoms with Crippen LogP contribution in [0, 0.1) is 0 Å². The molecule has 0 unspecified atom stereocenters. The van der Waals surface area contributed by atoms with Crippen molar-refractivity contribution in [1.82, 2.24) is 0 Å². The Morgan fingerprint density at radius 2 is 1.47 bits per heavy atom. The fourth-order valence-corrected chi connectivity index (χ4v) is 2.04. The maximum atomic E-state index is 10.8. The van der Waals surface area contributed by atoms with E-state index >= 15 is 0 Å². The summed E-state index contributed by atoms with van der Waals surface area (Å²) >= 11 is 8.94. The standard InChI is InChI=1S/C9H21O2PS2.Zn/c1-2-3-4-5-6-7-8-9-11-12(10,13)14;/h2-9H2,1H3,(H2,10,13,14);/q;+2/p-2. The van der Waals surface area contributed by atoms with Crippen molar-refractivity contribution < 1.29 is 28.6 Å². The Bertz CT molecular complexity index is 175. The Morgan fingerprint density at radius 3 is 1.93 bits per heavy atom. The summed E-state index contributed by atoms with van der Waals surface area (Å²) in [6.45, 7) is 2.66. The van der Waals surface area contributed by atoms with Gasteiger partial charge in [-0.05, 0) is 12.2 Å². The van der Waals surface area contributed by atoms with Crippen molar-refractivity contribution in [2.75, 3.05) is 6.61 Å². The van der Waals surface area contributed by atoms with Crippen LogP contribution in [0.5, 0.6) is 0 Å². The Kier molecular flexibility index (Phi) is 15.1. The van der Waals surface area contributed by atoms with Gasteiger partial charge < -0.3 is 33.6 Å². The van der Waals surface area contributed by atoms with Crippen LogP contribution in [0.15, 0.2) is 0 Å². The van der Waals surface area contributed by atoms with Crippen molar-refractivity contribution in [2.45, 2.75) is 51.9 Å². The van der Waals surface area contributed by atoms with Crippen LogP contribution in [0.1, 0.15) is 51.9 Å². The fourth-order valence-electron chi connectivity index (χ4n) is 1.24. The van der Waals surface area contributed by atoms with Crippen LogP contribution in [0.3, 0.4) is 0 Å². The van der Waals surface area contributed by atoms with E-state index in [2.05, 4.69) is 31.4 Å². The molecule has 0 saturated carbocycles. The van der Waals surface area contributed by atoms with Crippen LogP contribution in [-0.2, 0) is 53.1 Å². The smallest absolute Gasteiger partial charge is 0.714 e. The first kappa shape index (κ1) is 18.9. The summed E-state index contributed by atoms with van der Waals surface area (Å²) < 4.78 is 15.6. The molecular formula is C9H19O2PS2Zn. The van der Waals surface area contributed by atoms with Crippen molar-refractivity contribution in [3.63, 3.8) is 0 Å². The van der Waals surface area contributed by atoms with E-state index in [0.29, 0.717) is 6.61 Å². The van der Waals surface area contributed by atoms with Gasteiger partial charge >= 0.3 is 19.5 Å². The minimum absolute atomic E-state index is 0.